The van der Waals surface area contributed by atoms with Gasteiger partial charge in [0.2, 0.25) is 0 Å². The van der Waals surface area contributed by atoms with Gasteiger partial charge in [-0.05, 0) is 29.8 Å². The first-order valence-electron chi connectivity index (χ1n) is 9.50. The minimum Gasteiger partial charge on any atom is -0.441 e. The van der Waals surface area contributed by atoms with Crippen molar-refractivity contribution >= 4 is 39.3 Å². The Balaban J connectivity index is 1.43. The van der Waals surface area contributed by atoms with Gasteiger partial charge in [-0.15, -0.1) is 0 Å². The topological polar surface area (TPSA) is 32.8 Å². The van der Waals surface area contributed by atoms with Gasteiger partial charge in [-0.2, -0.15) is 13.2 Å². The normalized spacial score (nSPS) is 19.4. The summed E-state index contributed by atoms with van der Waals surface area (Å²) in [4.78, 5) is 16.1. The van der Waals surface area contributed by atoms with Crippen molar-refractivity contribution in [3.05, 3.63) is 63.1 Å². The van der Waals surface area contributed by atoms with Gasteiger partial charge in [0.15, 0.2) is 0 Å². The van der Waals surface area contributed by atoms with Crippen LogP contribution in [-0.2, 0) is 17.5 Å². The van der Waals surface area contributed by atoms with Crippen LogP contribution in [0.2, 0.25) is 5.02 Å². The molecule has 4 nitrogen and oxygen atoms in total. The highest BCUT2D eigenvalue weighted by Crippen LogP contribution is 2.39. The Morgan fingerprint density at radius 3 is 2.43 bits per heavy atom. The van der Waals surface area contributed by atoms with Gasteiger partial charge in [-0.3, -0.25) is 9.80 Å². The Hall–Kier alpha value is -1.77. The molecule has 2 fully saturated rings. The lowest BCUT2D eigenvalue weighted by Crippen LogP contribution is -2.46. The molecule has 2 aliphatic rings. The molecule has 1 spiro atoms. The van der Waals surface area contributed by atoms with Gasteiger partial charge in [-0.1, -0.05) is 45.7 Å². The number of amides is 1. The fourth-order valence-corrected chi connectivity index (χ4v) is 4.85. The summed E-state index contributed by atoms with van der Waals surface area (Å²) in [6.07, 6.45) is -3.61. The number of ether oxygens (including phenoxy) is 1. The van der Waals surface area contributed by atoms with Crippen LogP contribution in [-0.4, -0.2) is 36.2 Å². The summed E-state index contributed by atoms with van der Waals surface area (Å²) in [5.74, 6) is 0. The fraction of sp³-hybridized carbons (Fsp3) is 0.381. The molecule has 0 aliphatic carbocycles. The van der Waals surface area contributed by atoms with E-state index in [0.717, 1.165) is 11.8 Å². The van der Waals surface area contributed by atoms with Crippen molar-refractivity contribution in [3.63, 3.8) is 0 Å². The minimum atomic E-state index is -4.50. The first kappa shape index (κ1) is 21.5. The number of benzene rings is 2. The molecule has 1 amide bonds. The third-order valence-corrected chi connectivity index (χ3v) is 6.69. The highest BCUT2D eigenvalue weighted by atomic mass is 79.9. The molecule has 9 heteroatoms. The van der Waals surface area contributed by atoms with Gasteiger partial charge < -0.3 is 4.74 Å². The molecular formula is C21H19BrClF3N2O2. The standard InChI is InChI=1S/C21H19BrClF3N2O2/c22-17-11-18(23)16(21(24,25)26)10-14(17)12-27-8-6-20(7-9-27)13-28(19(29)30-20)15-4-2-1-3-5-15/h1-5,10-11H,6-9,12-13H2. The van der Waals surface area contributed by atoms with Crippen LogP contribution in [0, 0.1) is 0 Å². The summed E-state index contributed by atoms with van der Waals surface area (Å²) in [5, 5.41) is -0.324. The number of nitrogens with zero attached hydrogens (tertiary/aromatic N) is 2. The van der Waals surface area contributed by atoms with E-state index in [1.165, 1.54) is 6.07 Å². The van der Waals surface area contributed by atoms with Gasteiger partial charge in [0.25, 0.3) is 0 Å². The summed E-state index contributed by atoms with van der Waals surface area (Å²) in [6.45, 7) is 2.07. The summed E-state index contributed by atoms with van der Waals surface area (Å²) >= 11 is 9.09. The van der Waals surface area contributed by atoms with Crippen LogP contribution in [0.25, 0.3) is 0 Å². The second-order valence-electron chi connectivity index (χ2n) is 7.67. The average Bonchev–Trinajstić information content (AvgIpc) is 3.01. The van der Waals surface area contributed by atoms with Crippen LogP contribution in [0.5, 0.6) is 0 Å². The van der Waals surface area contributed by atoms with Gasteiger partial charge >= 0.3 is 12.3 Å². The average molecular weight is 504 g/mol. The molecule has 2 heterocycles. The lowest BCUT2D eigenvalue weighted by atomic mass is 9.91. The van der Waals surface area contributed by atoms with E-state index in [-0.39, 0.29) is 11.1 Å². The van der Waals surface area contributed by atoms with Crippen LogP contribution >= 0.6 is 27.5 Å². The number of para-hydroxylation sites is 1. The molecule has 2 saturated heterocycles. The Bertz CT molecular complexity index is 947. The SMILES string of the molecule is O=C1OC2(CCN(Cc3cc(C(F)(F)F)c(Cl)cc3Br)CC2)CN1c1ccccc1. The number of hydrogen-bond donors (Lipinski definition) is 0. The quantitative estimate of drug-likeness (QED) is 0.506. The number of hydrogen-bond acceptors (Lipinski definition) is 3. The monoisotopic (exact) mass is 502 g/mol. The van der Waals surface area contributed by atoms with E-state index in [1.54, 1.807) is 4.90 Å². The fourth-order valence-electron chi connectivity index (χ4n) is 3.98. The summed E-state index contributed by atoms with van der Waals surface area (Å²) < 4.78 is 45.8. The number of carbonyl (C=O) groups excluding carboxylic acids is 1. The Morgan fingerprint density at radius 2 is 1.80 bits per heavy atom. The molecule has 2 aromatic carbocycles. The van der Waals surface area contributed by atoms with E-state index < -0.39 is 17.3 Å². The Kier molecular flexibility index (Phi) is 5.76. The molecule has 2 aliphatic heterocycles. The second-order valence-corrected chi connectivity index (χ2v) is 8.93. The van der Waals surface area contributed by atoms with Crippen molar-refractivity contribution in [2.24, 2.45) is 0 Å². The predicted octanol–water partition coefficient (Wildman–Crippen LogP) is 6.11. The molecule has 0 radical (unpaired) electrons. The molecule has 0 atom stereocenters. The number of piperidine rings is 1. The van der Waals surface area contributed by atoms with Crippen molar-refractivity contribution < 1.29 is 22.7 Å². The third-order valence-electron chi connectivity index (χ3n) is 5.64. The molecule has 0 unspecified atom stereocenters. The van der Waals surface area contributed by atoms with E-state index in [0.29, 0.717) is 49.1 Å². The van der Waals surface area contributed by atoms with Gasteiger partial charge in [-0.25, -0.2) is 4.79 Å². The molecule has 0 bridgehead atoms. The third kappa shape index (κ3) is 4.31. The highest BCUT2D eigenvalue weighted by molar-refractivity contribution is 9.10. The van der Waals surface area contributed by atoms with Gasteiger partial charge in [0.05, 0.1) is 17.1 Å². The van der Waals surface area contributed by atoms with E-state index >= 15 is 0 Å². The van der Waals surface area contributed by atoms with E-state index in [9.17, 15) is 18.0 Å². The molecule has 2 aromatic rings. The summed E-state index contributed by atoms with van der Waals surface area (Å²) in [5.41, 5.74) is -0.0692. The van der Waals surface area contributed by atoms with Crippen molar-refractivity contribution in [1.29, 1.82) is 0 Å². The first-order valence-corrected chi connectivity index (χ1v) is 10.7. The number of halogens is 5. The second kappa shape index (κ2) is 8.05. The summed E-state index contributed by atoms with van der Waals surface area (Å²) in [6, 6.07) is 11.8. The predicted molar refractivity (Wildman–Crippen MR) is 112 cm³/mol. The largest absolute Gasteiger partial charge is 0.441 e. The first-order chi connectivity index (χ1) is 14.2. The van der Waals surface area contributed by atoms with Crippen molar-refractivity contribution in [2.45, 2.75) is 31.2 Å². The van der Waals surface area contributed by atoms with E-state index in [4.69, 9.17) is 16.3 Å². The number of anilines is 1. The zero-order valence-corrected chi connectivity index (χ0v) is 18.2. The van der Waals surface area contributed by atoms with Crippen molar-refractivity contribution in [1.82, 2.24) is 4.90 Å². The lowest BCUT2D eigenvalue weighted by molar-refractivity contribution is -0.137. The smallest absolute Gasteiger partial charge is 0.417 e. The number of alkyl halides is 3. The van der Waals surface area contributed by atoms with Crippen molar-refractivity contribution in [3.8, 4) is 0 Å². The van der Waals surface area contributed by atoms with Crippen LogP contribution < -0.4 is 4.90 Å². The molecule has 4 rings (SSSR count). The molecule has 0 saturated carbocycles. The molecule has 0 N–H and O–H groups in total. The van der Waals surface area contributed by atoms with Gasteiger partial charge in [0.1, 0.15) is 5.60 Å². The number of rotatable bonds is 3. The minimum absolute atomic E-state index is 0.324. The molecule has 0 aromatic heterocycles. The molecule has 160 valence electrons. The van der Waals surface area contributed by atoms with E-state index in [1.807, 2.05) is 30.3 Å². The zero-order valence-electron chi connectivity index (χ0n) is 15.9. The van der Waals surface area contributed by atoms with Crippen molar-refractivity contribution in [2.75, 3.05) is 24.5 Å². The van der Waals surface area contributed by atoms with Crippen LogP contribution in [0.3, 0.4) is 0 Å². The summed E-state index contributed by atoms with van der Waals surface area (Å²) in [7, 11) is 0. The Morgan fingerprint density at radius 1 is 1.13 bits per heavy atom. The Labute approximate surface area is 185 Å². The highest BCUT2D eigenvalue weighted by Gasteiger charge is 2.47. The van der Waals surface area contributed by atoms with E-state index in [2.05, 4.69) is 20.8 Å². The van der Waals surface area contributed by atoms with Crippen LogP contribution in [0.1, 0.15) is 24.0 Å². The van der Waals surface area contributed by atoms with Crippen LogP contribution in [0.15, 0.2) is 46.9 Å². The maximum absolute atomic E-state index is 13.2. The molecular weight excluding hydrogens is 485 g/mol. The maximum atomic E-state index is 13.2. The van der Waals surface area contributed by atoms with Gasteiger partial charge in [0, 0.05) is 42.6 Å². The van der Waals surface area contributed by atoms with Crippen LogP contribution in [0.4, 0.5) is 23.7 Å². The lowest BCUT2D eigenvalue weighted by Gasteiger charge is -2.37. The number of likely N-dealkylation sites (tertiary alicyclic amines) is 1. The number of carbonyl (C=O) groups is 1. The maximum Gasteiger partial charge on any atom is 0.417 e. The zero-order chi connectivity index (χ0) is 21.5. The molecule has 30 heavy (non-hydrogen) atoms.